The molecule has 1 aromatic heterocycles. The first-order valence-electron chi connectivity index (χ1n) is 11.6. The number of halogens is 2. The van der Waals surface area contributed by atoms with E-state index >= 15 is 0 Å². The predicted octanol–water partition coefficient (Wildman–Crippen LogP) is 8.98. The molecule has 0 fully saturated rings. The van der Waals surface area contributed by atoms with Crippen LogP contribution < -0.4 is 4.74 Å². The molecule has 0 bridgehead atoms. The molecule has 6 heteroatoms. The van der Waals surface area contributed by atoms with Gasteiger partial charge in [-0.05, 0) is 52.2 Å². The number of carbonyl (C=O) groups excluding carboxylic acids is 1. The largest absolute Gasteiger partial charge is 0.489 e. The van der Waals surface area contributed by atoms with Gasteiger partial charge in [-0.1, -0.05) is 90.7 Å². The zero-order valence-electron chi connectivity index (χ0n) is 19.8. The molecule has 180 valence electrons. The molecule has 1 heterocycles. The quantitative estimate of drug-likeness (QED) is 0.203. The molecule has 0 radical (unpaired) electrons. The minimum Gasteiger partial charge on any atom is -0.489 e. The average Bonchev–Trinajstić information content (AvgIpc) is 3.30. The Morgan fingerprint density at radius 1 is 0.917 bits per heavy atom. The van der Waals surface area contributed by atoms with E-state index in [0.29, 0.717) is 26.9 Å². The van der Waals surface area contributed by atoms with E-state index in [1.807, 2.05) is 68.4 Å². The van der Waals surface area contributed by atoms with Crippen molar-refractivity contribution in [3.63, 3.8) is 0 Å². The van der Waals surface area contributed by atoms with Crippen molar-refractivity contribution in [1.29, 1.82) is 0 Å². The monoisotopic (exact) mass is 515 g/mol. The molecule has 0 aliphatic carbocycles. The van der Waals surface area contributed by atoms with Crippen LogP contribution in [0.4, 0.5) is 0 Å². The van der Waals surface area contributed by atoms with E-state index in [2.05, 4.69) is 11.2 Å². The van der Waals surface area contributed by atoms with Crippen molar-refractivity contribution in [3.05, 3.63) is 106 Å². The lowest BCUT2D eigenvalue weighted by molar-refractivity contribution is 0.112. The van der Waals surface area contributed by atoms with Gasteiger partial charge >= 0.3 is 0 Å². The molecule has 0 spiro atoms. The van der Waals surface area contributed by atoms with Crippen LogP contribution in [0.2, 0.25) is 10.0 Å². The van der Waals surface area contributed by atoms with Gasteiger partial charge in [0, 0.05) is 17.0 Å². The lowest BCUT2D eigenvalue weighted by atomic mass is 9.99. The number of fused-ring (bicyclic) bond motifs is 1. The fourth-order valence-corrected chi connectivity index (χ4v) is 4.90. The van der Waals surface area contributed by atoms with Crippen LogP contribution in [0.1, 0.15) is 41.4 Å². The van der Waals surface area contributed by atoms with Crippen LogP contribution in [0.25, 0.3) is 33.2 Å². The Labute approximate surface area is 219 Å². The molecule has 0 saturated heterocycles. The zero-order valence-corrected chi connectivity index (χ0v) is 21.3. The molecular formula is C30H23Cl2NO3. The maximum absolute atomic E-state index is 11.3. The Kier molecular flexibility index (Phi) is 6.82. The summed E-state index contributed by atoms with van der Waals surface area (Å²) in [6.07, 6.45) is 0.888. The molecule has 0 aliphatic heterocycles. The zero-order chi connectivity index (χ0) is 25.2. The number of nitrogens with zero attached hydrogens (tertiary/aromatic N) is 1. The van der Waals surface area contributed by atoms with Gasteiger partial charge in [-0.2, -0.15) is 0 Å². The van der Waals surface area contributed by atoms with Crippen molar-refractivity contribution >= 4 is 40.3 Å². The Morgan fingerprint density at radius 2 is 1.61 bits per heavy atom. The minimum atomic E-state index is 0.112. The molecule has 4 aromatic carbocycles. The van der Waals surface area contributed by atoms with Crippen molar-refractivity contribution < 1.29 is 14.1 Å². The van der Waals surface area contributed by atoms with Crippen molar-refractivity contribution in [2.24, 2.45) is 0 Å². The smallest absolute Gasteiger partial charge is 0.150 e. The van der Waals surface area contributed by atoms with Crippen LogP contribution in [-0.2, 0) is 6.61 Å². The second-order valence-corrected chi connectivity index (χ2v) is 9.65. The molecule has 0 saturated carbocycles. The summed E-state index contributed by atoms with van der Waals surface area (Å²) in [6, 6.07) is 25.1. The highest BCUT2D eigenvalue weighted by molar-refractivity contribution is 6.39. The van der Waals surface area contributed by atoms with E-state index < -0.39 is 0 Å². The van der Waals surface area contributed by atoms with E-state index in [4.69, 9.17) is 32.5 Å². The van der Waals surface area contributed by atoms with Crippen LogP contribution in [0.3, 0.4) is 0 Å². The predicted molar refractivity (Wildman–Crippen MR) is 145 cm³/mol. The number of carbonyl (C=O) groups is 1. The molecule has 0 atom stereocenters. The van der Waals surface area contributed by atoms with E-state index in [9.17, 15) is 4.79 Å². The minimum absolute atomic E-state index is 0.112. The SMILES string of the molecule is CC(C)c1onc(-c2c(Cl)cccc2Cl)c1COc1ccc(-c2ccc3c(C=O)cccc3c2)cc1. The Balaban J connectivity index is 1.40. The van der Waals surface area contributed by atoms with Crippen LogP contribution in [0, 0.1) is 0 Å². The summed E-state index contributed by atoms with van der Waals surface area (Å²) >= 11 is 12.9. The Bertz CT molecular complexity index is 1530. The first-order valence-corrected chi connectivity index (χ1v) is 12.4. The highest BCUT2D eigenvalue weighted by Gasteiger charge is 2.23. The number of rotatable bonds is 7. The number of ether oxygens (including phenoxy) is 1. The third-order valence-corrected chi connectivity index (χ3v) is 6.78. The standard InChI is InChI=1S/C30H23Cl2NO3/c1-18(2)30-25(29(33-36-30)28-26(31)7-4-8-27(28)32)17-35-23-12-9-19(10-13-23)20-11-14-24-21(15-20)5-3-6-22(24)16-34/h3-16,18H,17H2,1-2H3. The van der Waals surface area contributed by atoms with Gasteiger partial charge in [0.1, 0.15) is 23.8 Å². The lowest BCUT2D eigenvalue weighted by Gasteiger charge is -2.11. The van der Waals surface area contributed by atoms with Gasteiger partial charge in [0.25, 0.3) is 0 Å². The molecule has 5 rings (SSSR count). The van der Waals surface area contributed by atoms with Gasteiger partial charge in [-0.25, -0.2) is 0 Å². The molecule has 36 heavy (non-hydrogen) atoms. The second kappa shape index (κ2) is 10.2. The summed E-state index contributed by atoms with van der Waals surface area (Å²) in [5, 5.41) is 7.27. The molecule has 5 aromatic rings. The number of hydrogen-bond acceptors (Lipinski definition) is 4. The third-order valence-electron chi connectivity index (χ3n) is 6.15. The van der Waals surface area contributed by atoms with E-state index in [-0.39, 0.29) is 12.5 Å². The van der Waals surface area contributed by atoms with Gasteiger partial charge in [0.15, 0.2) is 6.29 Å². The van der Waals surface area contributed by atoms with Crippen LogP contribution in [-0.4, -0.2) is 11.4 Å². The van der Waals surface area contributed by atoms with Crippen molar-refractivity contribution in [2.45, 2.75) is 26.4 Å². The van der Waals surface area contributed by atoms with Gasteiger partial charge in [0.2, 0.25) is 0 Å². The maximum Gasteiger partial charge on any atom is 0.150 e. The summed E-state index contributed by atoms with van der Waals surface area (Å²) in [5.74, 6) is 1.57. The van der Waals surface area contributed by atoms with Gasteiger partial charge in [0.05, 0.1) is 15.6 Å². The van der Waals surface area contributed by atoms with Gasteiger partial charge in [-0.3, -0.25) is 4.79 Å². The van der Waals surface area contributed by atoms with Crippen LogP contribution in [0.5, 0.6) is 5.75 Å². The van der Waals surface area contributed by atoms with Crippen molar-refractivity contribution in [3.8, 4) is 28.1 Å². The fraction of sp³-hybridized carbons (Fsp3) is 0.133. The number of aldehydes is 1. The summed E-state index contributed by atoms with van der Waals surface area (Å²) in [4.78, 5) is 11.3. The molecular weight excluding hydrogens is 493 g/mol. The number of aromatic nitrogens is 1. The Morgan fingerprint density at radius 3 is 2.31 bits per heavy atom. The molecule has 4 nitrogen and oxygen atoms in total. The summed E-state index contributed by atoms with van der Waals surface area (Å²) in [6.45, 7) is 4.34. The first kappa shape index (κ1) is 24.1. The average molecular weight is 516 g/mol. The summed E-state index contributed by atoms with van der Waals surface area (Å²) in [5.41, 5.74) is 4.86. The van der Waals surface area contributed by atoms with E-state index in [1.54, 1.807) is 18.2 Å². The molecule has 0 N–H and O–H groups in total. The third kappa shape index (κ3) is 4.62. The van der Waals surface area contributed by atoms with Gasteiger partial charge < -0.3 is 9.26 Å². The number of hydrogen-bond donors (Lipinski definition) is 0. The Hall–Kier alpha value is -3.60. The highest BCUT2D eigenvalue weighted by atomic mass is 35.5. The maximum atomic E-state index is 11.3. The molecule has 0 aliphatic rings. The van der Waals surface area contributed by atoms with Gasteiger partial charge in [-0.15, -0.1) is 0 Å². The van der Waals surface area contributed by atoms with Crippen molar-refractivity contribution in [1.82, 2.24) is 5.16 Å². The van der Waals surface area contributed by atoms with Crippen LogP contribution in [0.15, 0.2) is 83.4 Å². The topological polar surface area (TPSA) is 52.3 Å². The first-order chi connectivity index (χ1) is 17.5. The fourth-order valence-electron chi connectivity index (χ4n) is 4.33. The highest BCUT2D eigenvalue weighted by Crippen LogP contribution is 2.39. The van der Waals surface area contributed by atoms with Crippen LogP contribution >= 0.6 is 23.2 Å². The number of benzene rings is 4. The van der Waals surface area contributed by atoms with Crippen molar-refractivity contribution in [2.75, 3.05) is 0 Å². The normalized spacial score (nSPS) is 11.2. The molecule has 0 amide bonds. The lowest BCUT2D eigenvalue weighted by Crippen LogP contribution is -2.01. The van der Waals surface area contributed by atoms with E-state index in [1.165, 1.54) is 0 Å². The summed E-state index contributed by atoms with van der Waals surface area (Å²) < 4.78 is 11.8. The second-order valence-electron chi connectivity index (χ2n) is 8.84. The summed E-state index contributed by atoms with van der Waals surface area (Å²) in [7, 11) is 0. The van der Waals surface area contributed by atoms with E-state index in [0.717, 1.165) is 45.3 Å². The molecule has 0 unspecified atom stereocenters.